The number of ether oxygens (including phenoxy) is 1. The molecule has 1 saturated heterocycles. The van der Waals surface area contributed by atoms with E-state index in [1.807, 2.05) is 0 Å². The standard InChI is InChI=1S/C21H22F2N2O3/c22-15-9-10-17(23)18(13-15)24-21(27)16-7-3-4-8-19(16)28-14-20(26)25-11-5-1-2-6-12-25/h3-4,7-10,13H,1-2,5-6,11-12,14H2,(H,24,27). The second kappa shape index (κ2) is 9.30. The molecule has 0 atom stereocenters. The average Bonchev–Trinajstić information content (AvgIpc) is 2.98. The molecule has 2 aromatic carbocycles. The molecule has 0 aliphatic carbocycles. The Bertz CT molecular complexity index is 849. The third-order valence-electron chi connectivity index (χ3n) is 4.62. The normalized spacial score (nSPS) is 14.3. The Hall–Kier alpha value is -2.96. The predicted molar refractivity (Wildman–Crippen MR) is 101 cm³/mol. The molecule has 28 heavy (non-hydrogen) atoms. The summed E-state index contributed by atoms with van der Waals surface area (Å²) in [6, 6.07) is 9.17. The summed E-state index contributed by atoms with van der Waals surface area (Å²) in [5, 5.41) is 2.34. The van der Waals surface area contributed by atoms with E-state index in [1.54, 1.807) is 23.1 Å². The highest BCUT2D eigenvalue weighted by Crippen LogP contribution is 2.22. The zero-order valence-electron chi connectivity index (χ0n) is 15.4. The lowest BCUT2D eigenvalue weighted by molar-refractivity contribution is -0.133. The average molecular weight is 388 g/mol. The number of nitrogens with zero attached hydrogens (tertiary/aromatic N) is 1. The first kappa shape index (κ1) is 19.8. The van der Waals surface area contributed by atoms with Gasteiger partial charge in [0.2, 0.25) is 0 Å². The number of amides is 2. The van der Waals surface area contributed by atoms with Crippen LogP contribution in [0.15, 0.2) is 42.5 Å². The van der Waals surface area contributed by atoms with Gasteiger partial charge in [0.1, 0.15) is 17.4 Å². The molecule has 1 heterocycles. The second-order valence-corrected chi connectivity index (χ2v) is 6.66. The predicted octanol–water partition coefficient (Wildman–Crippen LogP) is 4.00. The Morgan fingerprint density at radius 3 is 2.46 bits per heavy atom. The second-order valence-electron chi connectivity index (χ2n) is 6.66. The highest BCUT2D eigenvalue weighted by molar-refractivity contribution is 6.06. The molecular weight excluding hydrogens is 366 g/mol. The molecule has 0 spiro atoms. The molecule has 1 aliphatic rings. The van der Waals surface area contributed by atoms with Gasteiger partial charge >= 0.3 is 0 Å². The summed E-state index contributed by atoms with van der Waals surface area (Å²) < 4.78 is 32.7. The van der Waals surface area contributed by atoms with Crippen LogP contribution in [-0.2, 0) is 4.79 Å². The quantitative estimate of drug-likeness (QED) is 0.842. The van der Waals surface area contributed by atoms with Crippen LogP contribution in [0.3, 0.4) is 0 Å². The summed E-state index contributed by atoms with van der Waals surface area (Å²) in [4.78, 5) is 26.7. The van der Waals surface area contributed by atoms with E-state index in [0.717, 1.165) is 43.9 Å². The van der Waals surface area contributed by atoms with Crippen molar-refractivity contribution in [1.29, 1.82) is 0 Å². The topological polar surface area (TPSA) is 58.6 Å². The molecule has 2 aromatic rings. The molecule has 148 valence electrons. The van der Waals surface area contributed by atoms with Crippen LogP contribution in [0.5, 0.6) is 5.75 Å². The molecule has 0 unspecified atom stereocenters. The summed E-state index contributed by atoms with van der Waals surface area (Å²) in [6.07, 6.45) is 4.18. The molecule has 0 aromatic heterocycles. The van der Waals surface area contributed by atoms with Gasteiger partial charge in [0, 0.05) is 19.2 Å². The number of hydrogen-bond acceptors (Lipinski definition) is 3. The van der Waals surface area contributed by atoms with E-state index < -0.39 is 17.5 Å². The van der Waals surface area contributed by atoms with Gasteiger partial charge in [-0.2, -0.15) is 0 Å². The molecule has 0 bridgehead atoms. The van der Waals surface area contributed by atoms with Crippen LogP contribution in [-0.4, -0.2) is 36.4 Å². The Kier molecular flexibility index (Phi) is 6.57. The minimum Gasteiger partial charge on any atom is -0.483 e. The number of benzene rings is 2. The molecule has 5 nitrogen and oxygen atoms in total. The van der Waals surface area contributed by atoms with Crippen molar-refractivity contribution in [2.45, 2.75) is 25.7 Å². The van der Waals surface area contributed by atoms with Gasteiger partial charge in [-0.25, -0.2) is 8.78 Å². The van der Waals surface area contributed by atoms with E-state index in [1.165, 1.54) is 6.07 Å². The third kappa shape index (κ3) is 5.06. The Morgan fingerprint density at radius 2 is 1.71 bits per heavy atom. The monoisotopic (exact) mass is 388 g/mol. The van der Waals surface area contributed by atoms with Crippen molar-refractivity contribution in [2.75, 3.05) is 25.0 Å². The van der Waals surface area contributed by atoms with E-state index in [2.05, 4.69) is 5.32 Å². The first-order valence-corrected chi connectivity index (χ1v) is 9.30. The molecule has 2 amide bonds. The van der Waals surface area contributed by atoms with Gasteiger partial charge in [-0.15, -0.1) is 0 Å². The van der Waals surface area contributed by atoms with Gasteiger partial charge in [0.05, 0.1) is 11.3 Å². The maximum Gasteiger partial charge on any atom is 0.260 e. The SMILES string of the molecule is O=C(Nc1cc(F)ccc1F)c1ccccc1OCC(=O)N1CCCCCC1. The van der Waals surface area contributed by atoms with Gasteiger partial charge in [0.15, 0.2) is 6.61 Å². The summed E-state index contributed by atoms with van der Waals surface area (Å²) >= 11 is 0. The van der Waals surface area contributed by atoms with E-state index in [4.69, 9.17) is 4.74 Å². The lowest BCUT2D eigenvalue weighted by Gasteiger charge is -2.20. The van der Waals surface area contributed by atoms with Gasteiger partial charge in [-0.05, 0) is 37.1 Å². The number of carbonyl (C=O) groups excluding carboxylic acids is 2. The van der Waals surface area contributed by atoms with Crippen LogP contribution in [0.4, 0.5) is 14.5 Å². The van der Waals surface area contributed by atoms with Gasteiger partial charge in [-0.3, -0.25) is 9.59 Å². The highest BCUT2D eigenvalue weighted by atomic mass is 19.1. The number of rotatable bonds is 5. The first-order chi connectivity index (χ1) is 13.5. The van der Waals surface area contributed by atoms with Crippen molar-refractivity contribution in [3.05, 3.63) is 59.7 Å². The number of anilines is 1. The lowest BCUT2D eigenvalue weighted by Crippen LogP contribution is -2.35. The maximum absolute atomic E-state index is 13.8. The number of likely N-dealkylation sites (tertiary alicyclic amines) is 1. The fourth-order valence-electron chi connectivity index (χ4n) is 3.11. The number of para-hydroxylation sites is 1. The van der Waals surface area contributed by atoms with Crippen molar-refractivity contribution in [2.24, 2.45) is 0 Å². The summed E-state index contributed by atoms with van der Waals surface area (Å²) in [5.74, 6) is -1.98. The van der Waals surface area contributed by atoms with Gasteiger partial charge in [-0.1, -0.05) is 25.0 Å². The Morgan fingerprint density at radius 1 is 1.00 bits per heavy atom. The van der Waals surface area contributed by atoms with Crippen molar-refractivity contribution >= 4 is 17.5 Å². The zero-order chi connectivity index (χ0) is 19.9. The fourth-order valence-corrected chi connectivity index (χ4v) is 3.11. The first-order valence-electron chi connectivity index (χ1n) is 9.30. The van der Waals surface area contributed by atoms with Crippen LogP contribution < -0.4 is 10.1 Å². The fraction of sp³-hybridized carbons (Fsp3) is 0.333. The molecule has 1 aliphatic heterocycles. The van der Waals surface area contributed by atoms with Crippen molar-refractivity contribution in [3.63, 3.8) is 0 Å². The minimum absolute atomic E-state index is 0.131. The number of carbonyl (C=O) groups is 2. The van der Waals surface area contributed by atoms with Crippen molar-refractivity contribution in [3.8, 4) is 5.75 Å². The third-order valence-corrected chi connectivity index (χ3v) is 4.62. The van der Waals surface area contributed by atoms with E-state index in [9.17, 15) is 18.4 Å². The molecule has 7 heteroatoms. The number of nitrogens with one attached hydrogen (secondary N) is 1. The largest absolute Gasteiger partial charge is 0.483 e. The van der Waals surface area contributed by atoms with E-state index >= 15 is 0 Å². The van der Waals surface area contributed by atoms with Crippen LogP contribution >= 0.6 is 0 Å². The van der Waals surface area contributed by atoms with Gasteiger partial charge in [0.25, 0.3) is 11.8 Å². The summed E-state index contributed by atoms with van der Waals surface area (Å²) in [5.41, 5.74) is -0.129. The molecule has 1 fully saturated rings. The van der Waals surface area contributed by atoms with Crippen LogP contribution in [0.1, 0.15) is 36.0 Å². The van der Waals surface area contributed by atoms with Crippen molar-refractivity contribution in [1.82, 2.24) is 4.90 Å². The molecular formula is C21H22F2N2O3. The summed E-state index contributed by atoms with van der Waals surface area (Å²) in [7, 11) is 0. The molecule has 0 saturated carbocycles. The minimum atomic E-state index is -0.746. The molecule has 1 N–H and O–H groups in total. The highest BCUT2D eigenvalue weighted by Gasteiger charge is 2.19. The Balaban J connectivity index is 1.67. The number of halogens is 2. The maximum atomic E-state index is 13.8. The lowest BCUT2D eigenvalue weighted by atomic mass is 10.1. The molecule has 3 rings (SSSR count). The Labute approximate surface area is 162 Å². The smallest absolute Gasteiger partial charge is 0.260 e. The van der Waals surface area contributed by atoms with Gasteiger partial charge < -0.3 is 15.0 Å². The summed E-state index contributed by atoms with van der Waals surface area (Å²) in [6.45, 7) is 1.24. The van der Waals surface area contributed by atoms with Crippen LogP contribution in [0.2, 0.25) is 0 Å². The number of hydrogen-bond donors (Lipinski definition) is 1. The van der Waals surface area contributed by atoms with Crippen LogP contribution in [0.25, 0.3) is 0 Å². The van der Waals surface area contributed by atoms with E-state index in [0.29, 0.717) is 13.1 Å². The zero-order valence-corrected chi connectivity index (χ0v) is 15.4. The molecule has 0 radical (unpaired) electrons. The van der Waals surface area contributed by atoms with Crippen molar-refractivity contribution < 1.29 is 23.1 Å². The van der Waals surface area contributed by atoms with E-state index in [-0.39, 0.29) is 29.5 Å². The van der Waals surface area contributed by atoms with Crippen LogP contribution in [0, 0.1) is 11.6 Å².